The SMILES string of the molecule is CCc1cc(C(=O)COc2cccc(C(=O)OC)c2)c(O)cc1O. The van der Waals surface area contributed by atoms with Crippen LogP contribution >= 0.6 is 0 Å². The first-order chi connectivity index (χ1) is 11.5. The summed E-state index contributed by atoms with van der Waals surface area (Å²) >= 11 is 0. The highest BCUT2D eigenvalue weighted by molar-refractivity contribution is 6.00. The Morgan fingerprint density at radius 3 is 2.50 bits per heavy atom. The summed E-state index contributed by atoms with van der Waals surface area (Å²) in [6.45, 7) is 1.52. The Morgan fingerprint density at radius 2 is 1.83 bits per heavy atom. The van der Waals surface area contributed by atoms with Crippen molar-refractivity contribution in [3.63, 3.8) is 0 Å². The van der Waals surface area contributed by atoms with Crippen molar-refractivity contribution in [3.05, 3.63) is 53.1 Å². The van der Waals surface area contributed by atoms with Crippen molar-refractivity contribution < 1.29 is 29.3 Å². The second-order valence-electron chi connectivity index (χ2n) is 5.08. The van der Waals surface area contributed by atoms with Crippen LogP contribution in [0.25, 0.3) is 0 Å². The minimum absolute atomic E-state index is 0.0572. The highest BCUT2D eigenvalue weighted by Crippen LogP contribution is 2.28. The van der Waals surface area contributed by atoms with E-state index < -0.39 is 11.8 Å². The van der Waals surface area contributed by atoms with Crippen LogP contribution in [0.3, 0.4) is 0 Å². The minimum atomic E-state index is -0.504. The number of ketones is 1. The number of carbonyl (C=O) groups is 2. The molecule has 0 atom stereocenters. The lowest BCUT2D eigenvalue weighted by molar-refractivity contribution is 0.0600. The maximum absolute atomic E-state index is 12.2. The van der Waals surface area contributed by atoms with Gasteiger partial charge in [0, 0.05) is 6.07 Å². The van der Waals surface area contributed by atoms with Crippen LogP contribution in [-0.2, 0) is 11.2 Å². The molecule has 0 amide bonds. The van der Waals surface area contributed by atoms with Crippen LogP contribution in [0.15, 0.2) is 36.4 Å². The van der Waals surface area contributed by atoms with Crippen LogP contribution in [0, 0.1) is 0 Å². The molecular formula is C18H18O6. The van der Waals surface area contributed by atoms with Crippen LogP contribution in [0.2, 0.25) is 0 Å². The summed E-state index contributed by atoms with van der Waals surface area (Å²) in [6.07, 6.45) is 0.522. The Bertz CT molecular complexity index is 766. The number of aromatic hydroxyl groups is 2. The summed E-state index contributed by atoms with van der Waals surface area (Å²) in [5, 5.41) is 19.5. The van der Waals surface area contributed by atoms with Crippen molar-refractivity contribution in [2.75, 3.05) is 13.7 Å². The third kappa shape index (κ3) is 3.84. The van der Waals surface area contributed by atoms with Crippen LogP contribution in [0.5, 0.6) is 17.2 Å². The number of esters is 1. The minimum Gasteiger partial charge on any atom is -0.508 e. The zero-order valence-electron chi connectivity index (χ0n) is 13.4. The van der Waals surface area contributed by atoms with E-state index in [4.69, 9.17) is 4.74 Å². The van der Waals surface area contributed by atoms with Crippen LogP contribution < -0.4 is 4.74 Å². The van der Waals surface area contributed by atoms with Gasteiger partial charge in [-0.1, -0.05) is 13.0 Å². The first kappa shape index (κ1) is 17.3. The molecular weight excluding hydrogens is 312 g/mol. The standard InChI is InChI=1S/C18H18O6/c1-3-11-8-14(16(20)9-15(11)19)17(21)10-24-13-6-4-5-12(7-13)18(22)23-2/h4-9,19-20H,3,10H2,1-2H3. The fraction of sp³-hybridized carbons (Fsp3) is 0.222. The maximum Gasteiger partial charge on any atom is 0.337 e. The summed E-state index contributed by atoms with van der Waals surface area (Å²) in [5.74, 6) is -0.971. The average Bonchev–Trinajstić information content (AvgIpc) is 2.59. The van der Waals surface area contributed by atoms with Gasteiger partial charge >= 0.3 is 5.97 Å². The number of hydrogen-bond donors (Lipinski definition) is 2. The molecule has 0 aromatic heterocycles. The van der Waals surface area contributed by atoms with Crippen molar-refractivity contribution in [1.29, 1.82) is 0 Å². The van der Waals surface area contributed by atoms with Gasteiger partial charge in [0.1, 0.15) is 17.2 Å². The molecule has 0 aliphatic heterocycles. The Morgan fingerprint density at radius 1 is 1.08 bits per heavy atom. The molecule has 0 spiro atoms. The van der Waals surface area contributed by atoms with E-state index in [-0.39, 0.29) is 23.7 Å². The number of carbonyl (C=O) groups excluding carboxylic acids is 2. The van der Waals surface area contributed by atoms with Crippen molar-refractivity contribution in [2.45, 2.75) is 13.3 Å². The van der Waals surface area contributed by atoms with Crippen molar-refractivity contribution in [1.82, 2.24) is 0 Å². The molecule has 0 radical (unpaired) electrons. The number of methoxy groups -OCH3 is 1. The largest absolute Gasteiger partial charge is 0.508 e. The molecule has 0 unspecified atom stereocenters. The number of Topliss-reactive ketones (excluding diaryl/α,β-unsaturated/α-hetero) is 1. The predicted molar refractivity (Wildman–Crippen MR) is 86.8 cm³/mol. The molecule has 2 N–H and O–H groups in total. The highest BCUT2D eigenvalue weighted by atomic mass is 16.5. The predicted octanol–water partition coefficient (Wildman–Crippen LogP) is 2.71. The van der Waals surface area contributed by atoms with Gasteiger partial charge in [0.2, 0.25) is 5.78 Å². The maximum atomic E-state index is 12.2. The van der Waals surface area contributed by atoms with Crippen LogP contribution in [0.1, 0.15) is 33.2 Å². The lowest BCUT2D eigenvalue weighted by Crippen LogP contribution is -2.12. The zero-order chi connectivity index (χ0) is 17.7. The molecule has 0 aliphatic carbocycles. The smallest absolute Gasteiger partial charge is 0.337 e. The number of phenols is 2. The number of aryl methyl sites for hydroxylation is 1. The summed E-state index contributed by atoms with van der Waals surface area (Å²) in [4.78, 5) is 23.7. The first-order valence-corrected chi connectivity index (χ1v) is 7.35. The molecule has 6 heteroatoms. The fourth-order valence-corrected chi connectivity index (χ4v) is 2.19. The van der Waals surface area contributed by atoms with E-state index in [0.29, 0.717) is 23.3 Å². The van der Waals surface area contributed by atoms with Gasteiger partial charge in [-0.05, 0) is 36.2 Å². The van der Waals surface area contributed by atoms with E-state index in [1.165, 1.54) is 19.2 Å². The Balaban J connectivity index is 2.13. The van der Waals surface area contributed by atoms with Crippen molar-refractivity contribution >= 4 is 11.8 Å². The topological polar surface area (TPSA) is 93.1 Å². The highest BCUT2D eigenvalue weighted by Gasteiger charge is 2.16. The molecule has 2 aromatic rings. The molecule has 126 valence electrons. The van der Waals surface area contributed by atoms with Gasteiger partial charge in [0.25, 0.3) is 0 Å². The lowest BCUT2D eigenvalue weighted by atomic mass is 10.0. The van der Waals surface area contributed by atoms with Gasteiger partial charge in [-0.3, -0.25) is 4.79 Å². The molecule has 24 heavy (non-hydrogen) atoms. The normalized spacial score (nSPS) is 10.2. The summed E-state index contributed by atoms with van der Waals surface area (Å²) in [7, 11) is 1.28. The van der Waals surface area contributed by atoms with Gasteiger partial charge in [-0.25, -0.2) is 4.79 Å². The first-order valence-electron chi connectivity index (χ1n) is 7.35. The van der Waals surface area contributed by atoms with Gasteiger partial charge < -0.3 is 19.7 Å². The zero-order valence-corrected chi connectivity index (χ0v) is 13.4. The van der Waals surface area contributed by atoms with Gasteiger partial charge in [-0.15, -0.1) is 0 Å². The van der Waals surface area contributed by atoms with Crippen molar-refractivity contribution in [3.8, 4) is 17.2 Å². The van der Waals surface area contributed by atoms with E-state index in [9.17, 15) is 19.8 Å². The molecule has 0 bridgehead atoms. The number of benzene rings is 2. The molecule has 0 aliphatic rings. The molecule has 6 nitrogen and oxygen atoms in total. The molecule has 0 saturated heterocycles. The number of rotatable bonds is 6. The average molecular weight is 330 g/mol. The van der Waals surface area contributed by atoms with Gasteiger partial charge in [0.15, 0.2) is 6.61 Å². The lowest BCUT2D eigenvalue weighted by Gasteiger charge is -2.10. The fourth-order valence-electron chi connectivity index (χ4n) is 2.19. The third-order valence-electron chi connectivity index (χ3n) is 3.50. The van der Waals surface area contributed by atoms with Crippen LogP contribution in [0.4, 0.5) is 0 Å². The van der Waals surface area contributed by atoms with E-state index in [1.807, 2.05) is 6.92 Å². The Labute approximate surface area is 139 Å². The molecule has 0 heterocycles. The monoisotopic (exact) mass is 330 g/mol. The second-order valence-corrected chi connectivity index (χ2v) is 5.08. The number of hydrogen-bond acceptors (Lipinski definition) is 6. The quantitative estimate of drug-likeness (QED) is 0.625. The Kier molecular flexibility index (Phi) is 5.42. The number of phenolic OH excluding ortho intramolecular Hbond substituents is 2. The van der Waals surface area contributed by atoms with Gasteiger partial charge in [0.05, 0.1) is 18.2 Å². The molecule has 0 fully saturated rings. The van der Waals surface area contributed by atoms with Gasteiger partial charge in [-0.2, -0.15) is 0 Å². The molecule has 2 rings (SSSR count). The summed E-state index contributed by atoms with van der Waals surface area (Å²) in [5.41, 5.74) is 0.945. The summed E-state index contributed by atoms with van der Waals surface area (Å²) < 4.78 is 10.0. The van der Waals surface area contributed by atoms with E-state index in [1.54, 1.807) is 18.2 Å². The van der Waals surface area contributed by atoms with E-state index in [2.05, 4.69) is 4.74 Å². The van der Waals surface area contributed by atoms with Crippen molar-refractivity contribution in [2.24, 2.45) is 0 Å². The number of ether oxygens (including phenoxy) is 2. The van der Waals surface area contributed by atoms with Crippen LogP contribution in [-0.4, -0.2) is 35.7 Å². The second kappa shape index (κ2) is 7.50. The van der Waals surface area contributed by atoms with E-state index >= 15 is 0 Å². The van der Waals surface area contributed by atoms with E-state index in [0.717, 1.165) is 6.07 Å². The third-order valence-corrected chi connectivity index (χ3v) is 3.50. The molecule has 2 aromatic carbocycles. The Hall–Kier alpha value is -3.02. The summed E-state index contributed by atoms with van der Waals surface area (Å²) in [6, 6.07) is 8.84. The molecule has 0 saturated carbocycles.